The van der Waals surface area contributed by atoms with Crippen molar-refractivity contribution < 1.29 is 13.5 Å². The van der Waals surface area contributed by atoms with Crippen molar-refractivity contribution in [3.8, 4) is 11.3 Å². The summed E-state index contributed by atoms with van der Waals surface area (Å²) in [6.45, 7) is 11.3. The van der Waals surface area contributed by atoms with E-state index < -0.39 is 5.41 Å². The molecular weight excluding hydrogens is 539 g/mol. The van der Waals surface area contributed by atoms with Gasteiger partial charge in [-0.05, 0) is 71.2 Å². The van der Waals surface area contributed by atoms with Gasteiger partial charge in [0.2, 0.25) is 5.69 Å². The molecule has 0 spiro atoms. The third kappa shape index (κ3) is 3.97. The van der Waals surface area contributed by atoms with Crippen LogP contribution in [0.5, 0.6) is 0 Å². The molecule has 0 amide bonds. The third-order valence-electron chi connectivity index (χ3n) is 11.0. The van der Waals surface area contributed by atoms with Gasteiger partial charge in [0, 0.05) is 47.4 Å². The van der Waals surface area contributed by atoms with Gasteiger partial charge in [-0.15, -0.1) is 0 Å². The summed E-state index contributed by atoms with van der Waals surface area (Å²) in [5.74, 6) is -0.107. The average molecular weight is 585 g/mol. The molecule has 2 aliphatic heterocycles. The highest BCUT2D eigenvalue weighted by molar-refractivity contribution is 6.08. The van der Waals surface area contributed by atoms with Crippen molar-refractivity contribution in [2.24, 2.45) is 0 Å². The van der Waals surface area contributed by atoms with E-state index in [2.05, 4.69) is 124 Å². The Bertz CT molecular complexity index is 1920. The predicted molar refractivity (Wildman–Crippen MR) is 182 cm³/mol. The Morgan fingerprint density at radius 1 is 0.932 bits per heavy atom. The molecule has 0 atom stereocenters. The summed E-state index contributed by atoms with van der Waals surface area (Å²) in [6, 6.07) is 19.6. The molecule has 0 bridgehead atoms. The highest BCUT2D eigenvalue weighted by Crippen LogP contribution is 2.56. The highest BCUT2D eigenvalue weighted by Gasteiger charge is 2.53. The molecule has 3 heterocycles. The molecule has 3 aromatic carbocycles. The Morgan fingerprint density at radius 2 is 1.73 bits per heavy atom. The van der Waals surface area contributed by atoms with E-state index in [1.807, 2.05) is 0 Å². The molecule has 3 heteroatoms. The lowest BCUT2D eigenvalue weighted by molar-refractivity contribution is -0.740. The van der Waals surface area contributed by atoms with Crippen molar-refractivity contribution in [2.45, 2.75) is 90.5 Å². The average Bonchev–Trinajstić information content (AvgIpc) is 3.03. The number of aryl methyl sites for hydroxylation is 1. The molecule has 3 aliphatic rings. The number of halogens is 1. The summed E-state index contributed by atoms with van der Waals surface area (Å²) >= 11 is 0. The number of allylic oxidation sites excluding steroid dienone is 2. The Morgan fingerprint density at radius 3 is 2.48 bits per heavy atom. The summed E-state index contributed by atoms with van der Waals surface area (Å²) < 4.78 is 21.1. The van der Waals surface area contributed by atoms with E-state index >= 15 is 4.39 Å². The van der Waals surface area contributed by atoms with Gasteiger partial charge in [0.1, 0.15) is 12.9 Å². The first kappa shape index (κ1) is 28.9. The number of pyridine rings is 1. The van der Waals surface area contributed by atoms with Crippen LogP contribution in [-0.2, 0) is 17.4 Å². The maximum absolute atomic E-state index is 16.2. The van der Waals surface area contributed by atoms with Crippen LogP contribution in [0, 0.1) is 5.82 Å². The van der Waals surface area contributed by atoms with Crippen LogP contribution in [0.3, 0.4) is 0 Å². The van der Waals surface area contributed by atoms with Gasteiger partial charge in [-0.3, -0.25) is 0 Å². The van der Waals surface area contributed by atoms with E-state index in [4.69, 9.17) is 0 Å². The van der Waals surface area contributed by atoms with E-state index in [0.717, 1.165) is 43.2 Å². The van der Waals surface area contributed by atoms with Gasteiger partial charge < -0.3 is 0 Å². The lowest BCUT2D eigenvalue weighted by Crippen LogP contribution is -2.60. The first-order chi connectivity index (χ1) is 21.3. The molecule has 2 nitrogen and oxygen atoms in total. The zero-order chi connectivity index (χ0) is 30.8. The fourth-order valence-electron chi connectivity index (χ4n) is 8.60. The Balaban J connectivity index is 1.60. The van der Waals surface area contributed by atoms with Crippen LogP contribution < -0.4 is 4.57 Å². The van der Waals surface area contributed by atoms with Crippen LogP contribution >= 0.6 is 0 Å². The maximum atomic E-state index is 16.2. The normalized spacial score (nSPS) is 18.4. The lowest BCUT2D eigenvalue weighted by atomic mass is 9.64. The zero-order valence-electron chi connectivity index (χ0n) is 27.2. The van der Waals surface area contributed by atoms with Crippen molar-refractivity contribution in [1.29, 1.82) is 0 Å². The van der Waals surface area contributed by atoms with E-state index in [-0.39, 0.29) is 11.4 Å². The minimum absolute atomic E-state index is 0.107. The largest absolute Gasteiger partial charge is 0.222 e. The SMILES string of the molecule is CCCCc1ccc2c3c4[n+](ccc13)C(CC)(CC)C(=Cc1ccccc1C1=[N+](C)C=CCC1)c1ccc(F)c(c1-4)C2(C)C. The summed E-state index contributed by atoms with van der Waals surface area (Å²) in [5, 5.41) is 2.65. The molecule has 0 unspecified atom stereocenters. The van der Waals surface area contributed by atoms with Crippen LogP contribution in [-0.4, -0.2) is 17.3 Å². The first-order valence-electron chi connectivity index (χ1n) is 16.7. The Labute approximate surface area is 262 Å². The molecule has 1 aliphatic carbocycles. The number of hydrogen-bond donors (Lipinski definition) is 0. The van der Waals surface area contributed by atoms with Gasteiger partial charge in [-0.1, -0.05) is 77.4 Å². The van der Waals surface area contributed by atoms with E-state index in [1.165, 1.54) is 68.4 Å². The second kappa shape index (κ2) is 10.6. The van der Waals surface area contributed by atoms with E-state index in [0.29, 0.717) is 0 Å². The number of rotatable bonds is 7. The molecule has 0 N–H and O–H groups in total. The minimum atomic E-state index is -0.461. The van der Waals surface area contributed by atoms with Crippen LogP contribution in [0.15, 0.2) is 73.1 Å². The topological polar surface area (TPSA) is 6.89 Å². The third-order valence-corrected chi connectivity index (χ3v) is 11.0. The standard InChI is InChI=1S/C41H45FN2/c1-7-10-15-27-19-21-32-36-30(27)23-25-44-39(36)37-31(20-22-34(42)38(37)40(32,4)5)33(41(44,8-2)9-3)26-28-16-11-12-17-29(28)35-18-13-14-24-43(35)6/h11-12,14,16-17,19-26H,7-10,13,15,18H2,1-6H3/q+2. The molecule has 0 radical (unpaired) electrons. The molecular formula is C41H45FN2+2. The van der Waals surface area contributed by atoms with E-state index in [9.17, 15) is 0 Å². The quantitative estimate of drug-likeness (QED) is 0.191. The maximum Gasteiger partial charge on any atom is 0.222 e. The molecule has 0 saturated heterocycles. The fraction of sp³-hybridized carbons (Fsp3) is 0.366. The minimum Gasteiger partial charge on any atom is -0.207 e. The van der Waals surface area contributed by atoms with Crippen molar-refractivity contribution in [1.82, 2.24) is 0 Å². The smallest absolute Gasteiger partial charge is 0.207 e. The molecule has 4 aromatic rings. The zero-order valence-corrected chi connectivity index (χ0v) is 27.2. The van der Waals surface area contributed by atoms with Crippen LogP contribution in [0.2, 0.25) is 0 Å². The number of unbranched alkanes of at least 4 members (excludes halogenated alkanes) is 1. The number of hydrogen-bond acceptors (Lipinski definition) is 0. The molecule has 1 aromatic heterocycles. The summed E-state index contributed by atoms with van der Waals surface area (Å²) in [5.41, 5.74) is 11.4. The summed E-state index contributed by atoms with van der Waals surface area (Å²) in [7, 11) is 2.15. The second-order valence-electron chi connectivity index (χ2n) is 13.5. The molecule has 0 fully saturated rings. The number of benzene rings is 3. The lowest BCUT2D eigenvalue weighted by Gasteiger charge is -2.42. The summed E-state index contributed by atoms with van der Waals surface area (Å²) in [4.78, 5) is 0. The van der Waals surface area contributed by atoms with Crippen molar-refractivity contribution in [3.05, 3.63) is 112 Å². The van der Waals surface area contributed by atoms with Crippen molar-refractivity contribution in [3.63, 3.8) is 0 Å². The van der Waals surface area contributed by atoms with Gasteiger partial charge in [0.25, 0.3) is 0 Å². The van der Waals surface area contributed by atoms with Crippen LogP contribution in [0.1, 0.15) is 107 Å². The van der Waals surface area contributed by atoms with Crippen molar-refractivity contribution in [2.75, 3.05) is 7.05 Å². The van der Waals surface area contributed by atoms with Gasteiger partial charge in [-0.2, -0.15) is 4.57 Å². The van der Waals surface area contributed by atoms with Gasteiger partial charge in [0.15, 0.2) is 23.6 Å². The predicted octanol–water partition coefficient (Wildman–Crippen LogP) is 9.72. The molecule has 224 valence electrons. The van der Waals surface area contributed by atoms with Gasteiger partial charge in [-0.25, -0.2) is 8.97 Å². The van der Waals surface area contributed by atoms with E-state index in [1.54, 1.807) is 6.07 Å². The van der Waals surface area contributed by atoms with Crippen LogP contribution in [0.25, 0.3) is 33.7 Å². The Kier molecular flexibility index (Phi) is 6.99. The Hall–Kier alpha value is -3.85. The molecule has 0 saturated carbocycles. The highest BCUT2D eigenvalue weighted by atomic mass is 19.1. The van der Waals surface area contributed by atoms with Crippen LogP contribution in [0.4, 0.5) is 4.39 Å². The first-order valence-corrected chi connectivity index (χ1v) is 16.7. The molecule has 44 heavy (non-hydrogen) atoms. The fourth-order valence-corrected chi connectivity index (χ4v) is 8.60. The number of aromatic nitrogens is 1. The molecule has 7 rings (SSSR count). The second-order valence-corrected chi connectivity index (χ2v) is 13.5. The number of nitrogens with zero attached hydrogens (tertiary/aromatic N) is 2. The monoisotopic (exact) mass is 584 g/mol. The van der Waals surface area contributed by atoms with Gasteiger partial charge in [0.05, 0.1) is 10.9 Å². The van der Waals surface area contributed by atoms with Gasteiger partial charge >= 0.3 is 0 Å². The van der Waals surface area contributed by atoms with Crippen molar-refractivity contribution >= 4 is 28.1 Å². The summed E-state index contributed by atoms with van der Waals surface area (Å²) in [6.07, 6.45) is 16.6.